The number of nitrogens with two attached hydrogens (primary N) is 1. The summed E-state index contributed by atoms with van der Waals surface area (Å²) in [4.78, 5) is 0. The highest BCUT2D eigenvalue weighted by atomic mass is 127. The summed E-state index contributed by atoms with van der Waals surface area (Å²) in [5, 5.41) is 10.3. The molecule has 0 unspecified atom stereocenters. The molecule has 1 aliphatic rings. The number of halogens is 3. The first-order valence-electron chi connectivity index (χ1n) is 6.48. The molecule has 0 radical (unpaired) electrons. The first kappa shape index (κ1) is 17.1. The Morgan fingerprint density at radius 3 is 2.53 bits per heavy atom. The van der Waals surface area contributed by atoms with Gasteiger partial charge in [-0.3, -0.25) is 0 Å². The zero-order chi connectivity index (χ0) is 13.1. The number of benzene rings is 1. The van der Waals surface area contributed by atoms with Crippen LogP contribution in [0.4, 0.5) is 4.39 Å². The van der Waals surface area contributed by atoms with Crippen LogP contribution in [0.5, 0.6) is 0 Å². The Bertz CT molecular complexity index is 412. The van der Waals surface area contributed by atoms with Gasteiger partial charge in [0.05, 0.1) is 12.1 Å². The van der Waals surface area contributed by atoms with E-state index in [2.05, 4.69) is 22.6 Å². The molecular weight excluding hydrogens is 380 g/mol. The number of hydrogen-bond acceptors (Lipinski definition) is 2. The molecule has 2 rings (SSSR count). The average molecular weight is 400 g/mol. The van der Waals surface area contributed by atoms with Gasteiger partial charge in [-0.05, 0) is 59.5 Å². The predicted octanol–water partition coefficient (Wildman–Crippen LogP) is 3.79. The molecule has 1 aromatic rings. The molecule has 0 saturated heterocycles. The fraction of sp³-hybridized carbons (Fsp3) is 0.571. The minimum Gasteiger partial charge on any atom is -0.391 e. The van der Waals surface area contributed by atoms with Crippen LogP contribution in [-0.4, -0.2) is 11.2 Å². The molecule has 2 nitrogen and oxygen atoms in total. The molecule has 1 aromatic carbocycles. The summed E-state index contributed by atoms with van der Waals surface area (Å²) < 4.78 is 14.7. The van der Waals surface area contributed by atoms with Crippen LogP contribution >= 0.6 is 35.0 Å². The van der Waals surface area contributed by atoms with Gasteiger partial charge >= 0.3 is 0 Å². The summed E-state index contributed by atoms with van der Waals surface area (Å²) in [5.74, 6) is -0.108. The Morgan fingerprint density at radius 1 is 1.26 bits per heavy atom. The number of aliphatic hydroxyl groups is 1. The van der Waals surface area contributed by atoms with Crippen LogP contribution in [-0.2, 0) is 0 Å². The van der Waals surface area contributed by atoms with Crippen molar-refractivity contribution in [3.63, 3.8) is 0 Å². The van der Waals surface area contributed by atoms with Crippen LogP contribution in [0.1, 0.15) is 43.7 Å². The maximum Gasteiger partial charge on any atom is 0.128 e. The van der Waals surface area contributed by atoms with E-state index >= 15 is 0 Å². The van der Waals surface area contributed by atoms with Crippen molar-refractivity contribution in [3.8, 4) is 0 Å². The average Bonchev–Trinajstić information content (AvgIpc) is 2.41. The molecule has 1 fully saturated rings. The molecule has 108 valence electrons. The Hall–Kier alpha value is 0.0900. The van der Waals surface area contributed by atoms with Crippen LogP contribution in [0.3, 0.4) is 0 Å². The maximum atomic E-state index is 13.8. The van der Waals surface area contributed by atoms with E-state index in [1.54, 1.807) is 12.1 Å². The van der Waals surface area contributed by atoms with Crippen molar-refractivity contribution in [3.05, 3.63) is 33.1 Å². The van der Waals surface area contributed by atoms with Crippen molar-refractivity contribution in [2.45, 2.75) is 44.2 Å². The van der Waals surface area contributed by atoms with Gasteiger partial charge in [0, 0.05) is 9.13 Å². The number of aliphatic hydroxyl groups excluding tert-OH is 1. The molecule has 0 amide bonds. The van der Waals surface area contributed by atoms with Gasteiger partial charge in [-0.25, -0.2) is 4.39 Å². The lowest BCUT2D eigenvalue weighted by Crippen LogP contribution is -2.34. The van der Waals surface area contributed by atoms with Crippen LogP contribution in [0.2, 0.25) is 0 Å². The summed E-state index contributed by atoms with van der Waals surface area (Å²) in [5.41, 5.74) is 6.48. The molecule has 1 aliphatic carbocycles. The smallest absolute Gasteiger partial charge is 0.128 e. The lowest BCUT2D eigenvalue weighted by Gasteiger charge is -2.30. The summed E-state index contributed by atoms with van der Waals surface area (Å²) in [6, 6.07) is 4.24. The van der Waals surface area contributed by atoms with Gasteiger partial charge in [0.15, 0.2) is 0 Å². The van der Waals surface area contributed by atoms with Crippen LogP contribution in [0, 0.1) is 15.3 Å². The molecule has 1 saturated carbocycles. The number of rotatable bonds is 3. The summed E-state index contributed by atoms with van der Waals surface area (Å²) >= 11 is 2.13. The summed E-state index contributed by atoms with van der Waals surface area (Å²) in [7, 11) is 0. The standard InChI is InChI=1S/C14H19FINO.ClH/c15-12-7-6-10(16)8-11(12)13(17)14(18)9-4-2-1-3-5-9;/h6-9,13-14,18H,1-5,17H2;1H/t13-,14+;/m1./s1. The zero-order valence-corrected chi connectivity index (χ0v) is 13.7. The van der Waals surface area contributed by atoms with E-state index in [9.17, 15) is 9.50 Å². The van der Waals surface area contributed by atoms with Crippen molar-refractivity contribution in [1.29, 1.82) is 0 Å². The van der Waals surface area contributed by atoms with Crippen molar-refractivity contribution >= 4 is 35.0 Å². The van der Waals surface area contributed by atoms with Gasteiger partial charge in [0.25, 0.3) is 0 Å². The molecule has 0 heterocycles. The van der Waals surface area contributed by atoms with E-state index in [4.69, 9.17) is 5.73 Å². The second-order valence-electron chi connectivity index (χ2n) is 5.08. The second kappa shape index (κ2) is 7.76. The van der Waals surface area contributed by atoms with E-state index in [0.29, 0.717) is 5.56 Å². The first-order chi connectivity index (χ1) is 8.59. The fourth-order valence-electron chi connectivity index (χ4n) is 2.72. The van der Waals surface area contributed by atoms with Gasteiger partial charge < -0.3 is 10.8 Å². The molecule has 0 spiro atoms. The molecule has 19 heavy (non-hydrogen) atoms. The summed E-state index contributed by atoms with van der Waals surface area (Å²) in [6.45, 7) is 0. The third-order valence-electron chi connectivity index (χ3n) is 3.82. The normalized spacial score (nSPS) is 19.6. The molecule has 5 heteroatoms. The van der Waals surface area contributed by atoms with Crippen LogP contribution < -0.4 is 5.73 Å². The highest BCUT2D eigenvalue weighted by Crippen LogP contribution is 2.32. The van der Waals surface area contributed by atoms with E-state index < -0.39 is 12.1 Å². The molecular formula is C14H20ClFINO. The Labute approximate surface area is 133 Å². The minimum absolute atomic E-state index is 0. The third kappa shape index (κ3) is 4.28. The Morgan fingerprint density at radius 2 is 1.89 bits per heavy atom. The van der Waals surface area contributed by atoms with Crippen LogP contribution in [0.15, 0.2) is 18.2 Å². The van der Waals surface area contributed by atoms with E-state index in [-0.39, 0.29) is 24.1 Å². The van der Waals surface area contributed by atoms with Crippen molar-refractivity contribution in [1.82, 2.24) is 0 Å². The topological polar surface area (TPSA) is 46.2 Å². The van der Waals surface area contributed by atoms with E-state index in [1.807, 2.05) is 0 Å². The Kier molecular flexibility index (Phi) is 7.00. The minimum atomic E-state index is -0.641. The van der Waals surface area contributed by atoms with Gasteiger partial charge in [0.1, 0.15) is 5.82 Å². The van der Waals surface area contributed by atoms with Crippen LogP contribution in [0.25, 0.3) is 0 Å². The van der Waals surface area contributed by atoms with Gasteiger partial charge in [0.2, 0.25) is 0 Å². The van der Waals surface area contributed by atoms with Gasteiger partial charge in [-0.1, -0.05) is 19.3 Å². The van der Waals surface area contributed by atoms with E-state index in [1.165, 1.54) is 12.5 Å². The molecule has 0 aliphatic heterocycles. The largest absolute Gasteiger partial charge is 0.391 e. The quantitative estimate of drug-likeness (QED) is 0.760. The zero-order valence-electron chi connectivity index (χ0n) is 10.7. The maximum absolute atomic E-state index is 13.8. The summed E-state index contributed by atoms with van der Waals surface area (Å²) in [6.07, 6.45) is 4.88. The fourth-order valence-corrected chi connectivity index (χ4v) is 3.24. The van der Waals surface area contributed by atoms with Gasteiger partial charge in [-0.2, -0.15) is 0 Å². The highest BCUT2D eigenvalue weighted by Gasteiger charge is 2.29. The third-order valence-corrected chi connectivity index (χ3v) is 4.49. The molecule has 0 aromatic heterocycles. The SMILES string of the molecule is Cl.N[C@H](c1cc(I)ccc1F)[C@@H](O)C1CCCCC1. The lowest BCUT2D eigenvalue weighted by atomic mass is 9.81. The molecule has 2 atom stereocenters. The van der Waals surface area contributed by atoms with Gasteiger partial charge in [-0.15, -0.1) is 12.4 Å². The molecule has 3 N–H and O–H groups in total. The van der Waals surface area contributed by atoms with Crippen molar-refractivity contribution < 1.29 is 9.50 Å². The predicted molar refractivity (Wildman–Crippen MR) is 85.9 cm³/mol. The highest BCUT2D eigenvalue weighted by molar-refractivity contribution is 14.1. The molecule has 0 bridgehead atoms. The first-order valence-corrected chi connectivity index (χ1v) is 7.56. The lowest BCUT2D eigenvalue weighted by molar-refractivity contribution is 0.0607. The monoisotopic (exact) mass is 399 g/mol. The Balaban J connectivity index is 0.00000180. The number of hydrogen-bond donors (Lipinski definition) is 2. The second-order valence-corrected chi connectivity index (χ2v) is 6.33. The van der Waals surface area contributed by atoms with Crippen molar-refractivity contribution in [2.24, 2.45) is 11.7 Å². The van der Waals surface area contributed by atoms with E-state index in [0.717, 1.165) is 29.3 Å². The van der Waals surface area contributed by atoms with Crippen molar-refractivity contribution in [2.75, 3.05) is 0 Å².